The summed E-state index contributed by atoms with van der Waals surface area (Å²) < 4.78 is 4.97. The van der Waals surface area contributed by atoms with E-state index in [0.29, 0.717) is 52.0 Å². The molecule has 114 valence electrons. The lowest BCUT2D eigenvalue weighted by atomic mass is 9.93. The van der Waals surface area contributed by atoms with E-state index in [1.54, 1.807) is 23.8 Å². The van der Waals surface area contributed by atoms with Gasteiger partial charge < -0.3 is 19.6 Å². The number of hydrogen-bond donors (Lipinski definition) is 1. The highest BCUT2D eigenvalue weighted by atomic mass is 16.5. The van der Waals surface area contributed by atoms with Crippen molar-refractivity contribution in [3.8, 4) is 0 Å². The minimum atomic E-state index is -0.660. The third kappa shape index (κ3) is 3.49. The number of ether oxygens (including phenoxy) is 1. The Morgan fingerprint density at radius 3 is 2.70 bits per heavy atom. The van der Waals surface area contributed by atoms with Crippen molar-refractivity contribution in [1.29, 1.82) is 0 Å². The molecule has 0 radical (unpaired) electrons. The normalized spacial score (nSPS) is 26.1. The zero-order valence-corrected chi connectivity index (χ0v) is 12.3. The SMILES string of the molecule is COCCN1CC(C(=O)N2CCC(C)(O)CC2)CC1=O. The second-order valence-electron chi connectivity index (χ2n) is 6.06. The number of piperidine rings is 1. The summed E-state index contributed by atoms with van der Waals surface area (Å²) in [6.45, 7) is 4.50. The summed E-state index contributed by atoms with van der Waals surface area (Å²) in [5.41, 5.74) is -0.660. The second-order valence-corrected chi connectivity index (χ2v) is 6.06. The Kier molecular flexibility index (Phi) is 4.65. The first-order valence-electron chi connectivity index (χ1n) is 7.21. The van der Waals surface area contributed by atoms with Crippen LogP contribution in [0.3, 0.4) is 0 Å². The largest absolute Gasteiger partial charge is 0.390 e. The van der Waals surface area contributed by atoms with Crippen LogP contribution in [0.15, 0.2) is 0 Å². The molecule has 2 fully saturated rings. The van der Waals surface area contributed by atoms with Gasteiger partial charge in [0.2, 0.25) is 11.8 Å². The summed E-state index contributed by atoms with van der Waals surface area (Å²) in [6.07, 6.45) is 1.51. The summed E-state index contributed by atoms with van der Waals surface area (Å²) in [4.78, 5) is 27.7. The van der Waals surface area contributed by atoms with Gasteiger partial charge in [0.1, 0.15) is 0 Å². The fourth-order valence-electron chi connectivity index (χ4n) is 2.82. The second kappa shape index (κ2) is 6.10. The quantitative estimate of drug-likeness (QED) is 0.780. The van der Waals surface area contributed by atoms with E-state index >= 15 is 0 Å². The minimum Gasteiger partial charge on any atom is -0.390 e. The molecular formula is C14H24N2O4. The Balaban J connectivity index is 1.86. The van der Waals surface area contributed by atoms with Gasteiger partial charge in [-0.05, 0) is 19.8 Å². The summed E-state index contributed by atoms with van der Waals surface area (Å²) in [5.74, 6) is -0.152. The van der Waals surface area contributed by atoms with Crippen LogP contribution in [0.5, 0.6) is 0 Å². The van der Waals surface area contributed by atoms with E-state index in [9.17, 15) is 14.7 Å². The van der Waals surface area contributed by atoms with Gasteiger partial charge in [-0.1, -0.05) is 0 Å². The van der Waals surface area contributed by atoms with Gasteiger partial charge in [-0.25, -0.2) is 0 Å². The van der Waals surface area contributed by atoms with Gasteiger partial charge in [0.15, 0.2) is 0 Å². The molecule has 0 aliphatic carbocycles. The van der Waals surface area contributed by atoms with Crippen LogP contribution in [0.2, 0.25) is 0 Å². The van der Waals surface area contributed by atoms with Crippen LogP contribution >= 0.6 is 0 Å². The van der Waals surface area contributed by atoms with E-state index in [1.807, 2.05) is 0 Å². The maximum absolute atomic E-state index is 12.4. The molecule has 0 aromatic carbocycles. The molecule has 1 atom stereocenters. The average molecular weight is 284 g/mol. The lowest BCUT2D eigenvalue weighted by Gasteiger charge is -2.36. The fourth-order valence-corrected chi connectivity index (χ4v) is 2.82. The molecular weight excluding hydrogens is 260 g/mol. The van der Waals surface area contributed by atoms with Crippen molar-refractivity contribution in [2.45, 2.75) is 31.8 Å². The first-order chi connectivity index (χ1) is 9.43. The van der Waals surface area contributed by atoms with Crippen LogP contribution in [-0.4, -0.2) is 72.2 Å². The molecule has 2 saturated heterocycles. The van der Waals surface area contributed by atoms with E-state index in [2.05, 4.69) is 0 Å². The summed E-state index contributed by atoms with van der Waals surface area (Å²) >= 11 is 0. The topological polar surface area (TPSA) is 70.1 Å². The van der Waals surface area contributed by atoms with Gasteiger partial charge in [-0.3, -0.25) is 9.59 Å². The molecule has 0 aromatic rings. The molecule has 0 spiro atoms. The number of carbonyl (C=O) groups is 2. The number of hydrogen-bond acceptors (Lipinski definition) is 4. The van der Waals surface area contributed by atoms with E-state index < -0.39 is 5.60 Å². The maximum Gasteiger partial charge on any atom is 0.227 e. The predicted octanol–water partition coefficient (Wildman–Crippen LogP) is -0.145. The Hall–Kier alpha value is -1.14. The Morgan fingerprint density at radius 2 is 2.10 bits per heavy atom. The molecule has 1 N–H and O–H groups in total. The van der Waals surface area contributed by atoms with Crippen molar-refractivity contribution in [1.82, 2.24) is 9.80 Å². The summed E-state index contributed by atoms with van der Waals surface area (Å²) in [7, 11) is 1.60. The van der Waals surface area contributed by atoms with E-state index in [0.717, 1.165) is 0 Å². The maximum atomic E-state index is 12.4. The number of likely N-dealkylation sites (tertiary alicyclic amines) is 2. The van der Waals surface area contributed by atoms with Crippen molar-refractivity contribution in [3.63, 3.8) is 0 Å². The molecule has 0 bridgehead atoms. The molecule has 1 unspecified atom stereocenters. The van der Waals surface area contributed by atoms with Crippen LogP contribution in [0.4, 0.5) is 0 Å². The standard InChI is InChI=1S/C14H24N2O4/c1-14(19)3-5-15(6-4-14)13(18)11-9-12(17)16(10-11)7-8-20-2/h11,19H,3-10H2,1-2H3. The fraction of sp³-hybridized carbons (Fsp3) is 0.857. The number of rotatable bonds is 4. The number of nitrogens with zero attached hydrogens (tertiary/aromatic N) is 2. The van der Waals surface area contributed by atoms with Crippen LogP contribution in [0.25, 0.3) is 0 Å². The number of amides is 2. The molecule has 6 heteroatoms. The highest BCUT2D eigenvalue weighted by molar-refractivity contribution is 5.89. The van der Waals surface area contributed by atoms with E-state index in [4.69, 9.17) is 4.74 Å². The highest BCUT2D eigenvalue weighted by Crippen LogP contribution is 2.25. The van der Waals surface area contributed by atoms with Gasteiger partial charge in [0.25, 0.3) is 0 Å². The smallest absolute Gasteiger partial charge is 0.227 e. The molecule has 0 aromatic heterocycles. The van der Waals surface area contributed by atoms with Crippen molar-refractivity contribution in [3.05, 3.63) is 0 Å². The monoisotopic (exact) mass is 284 g/mol. The number of methoxy groups -OCH3 is 1. The molecule has 2 heterocycles. The van der Waals surface area contributed by atoms with Crippen LogP contribution in [0, 0.1) is 5.92 Å². The number of aliphatic hydroxyl groups is 1. The Labute approximate surface area is 119 Å². The van der Waals surface area contributed by atoms with E-state index in [-0.39, 0.29) is 17.7 Å². The van der Waals surface area contributed by atoms with Crippen molar-refractivity contribution in [2.75, 3.05) is 39.9 Å². The first-order valence-corrected chi connectivity index (χ1v) is 7.21. The van der Waals surface area contributed by atoms with Gasteiger partial charge in [-0.2, -0.15) is 0 Å². The Bertz CT molecular complexity index is 373. The third-order valence-corrected chi connectivity index (χ3v) is 4.28. The average Bonchev–Trinajstić information content (AvgIpc) is 2.77. The van der Waals surface area contributed by atoms with Crippen molar-refractivity contribution >= 4 is 11.8 Å². The molecule has 2 aliphatic rings. The molecule has 2 rings (SSSR count). The van der Waals surface area contributed by atoms with Crippen LogP contribution in [0.1, 0.15) is 26.2 Å². The molecule has 20 heavy (non-hydrogen) atoms. The minimum absolute atomic E-state index is 0.0319. The summed E-state index contributed by atoms with van der Waals surface area (Å²) in [6, 6.07) is 0. The van der Waals surface area contributed by atoms with Gasteiger partial charge in [0.05, 0.1) is 18.1 Å². The van der Waals surface area contributed by atoms with Gasteiger partial charge in [0, 0.05) is 39.7 Å². The van der Waals surface area contributed by atoms with Crippen molar-refractivity contribution < 1.29 is 19.4 Å². The third-order valence-electron chi connectivity index (χ3n) is 4.28. The van der Waals surface area contributed by atoms with Crippen LogP contribution < -0.4 is 0 Å². The zero-order valence-electron chi connectivity index (χ0n) is 12.3. The first kappa shape index (κ1) is 15.3. The molecule has 0 saturated carbocycles. The predicted molar refractivity (Wildman–Crippen MR) is 73.0 cm³/mol. The van der Waals surface area contributed by atoms with Crippen LogP contribution in [-0.2, 0) is 14.3 Å². The zero-order chi connectivity index (χ0) is 14.8. The highest BCUT2D eigenvalue weighted by Gasteiger charge is 2.38. The lowest BCUT2D eigenvalue weighted by Crippen LogP contribution is -2.47. The summed E-state index contributed by atoms with van der Waals surface area (Å²) in [5, 5.41) is 9.91. The van der Waals surface area contributed by atoms with E-state index in [1.165, 1.54) is 0 Å². The Morgan fingerprint density at radius 1 is 1.45 bits per heavy atom. The molecule has 6 nitrogen and oxygen atoms in total. The lowest BCUT2D eigenvalue weighted by molar-refractivity contribution is -0.139. The van der Waals surface area contributed by atoms with Crippen molar-refractivity contribution in [2.24, 2.45) is 5.92 Å². The molecule has 2 aliphatic heterocycles. The van der Waals surface area contributed by atoms with Gasteiger partial charge in [-0.15, -0.1) is 0 Å². The number of carbonyl (C=O) groups excluding carboxylic acids is 2. The molecule has 2 amide bonds. The van der Waals surface area contributed by atoms with Gasteiger partial charge >= 0.3 is 0 Å².